The molecule has 4 aromatic heterocycles. The van der Waals surface area contributed by atoms with E-state index in [0.717, 1.165) is 47.4 Å². The number of rotatable bonds is 5. The van der Waals surface area contributed by atoms with Gasteiger partial charge in [-0.1, -0.05) is 0 Å². The second-order valence-electron chi connectivity index (χ2n) is 6.66. The molecule has 4 aromatic rings. The number of pyridine rings is 2. The Balaban J connectivity index is 1.41. The van der Waals surface area contributed by atoms with Crippen LogP contribution in [0, 0.1) is 5.92 Å². The third-order valence-electron chi connectivity index (χ3n) is 4.72. The highest BCUT2D eigenvalue weighted by Crippen LogP contribution is 2.28. The Morgan fingerprint density at radius 2 is 2.33 bits per heavy atom. The molecule has 1 unspecified atom stereocenters. The SMILES string of the molecule is Cn1nc(OCC2CCOC2)c2ncc(Nc3n[nH]c4cccnc34)cc21. The minimum Gasteiger partial charge on any atom is -0.475 e. The summed E-state index contributed by atoms with van der Waals surface area (Å²) in [6, 6.07) is 5.78. The standard InChI is InChI=1S/C18H19N7O2/c1-25-14-7-12(21-17-15-13(22-23-17)3-2-5-19-15)8-20-16(14)18(24-25)27-10-11-4-6-26-9-11/h2-3,5,7-8,11H,4,6,9-10H2,1H3,(H2,21,22,23). The van der Waals surface area contributed by atoms with Crippen molar-refractivity contribution in [1.29, 1.82) is 0 Å². The fraction of sp³-hybridized carbons (Fsp3) is 0.333. The van der Waals surface area contributed by atoms with E-state index in [1.165, 1.54) is 0 Å². The molecule has 1 aliphatic heterocycles. The molecule has 27 heavy (non-hydrogen) atoms. The number of H-pyrrole nitrogens is 1. The van der Waals surface area contributed by atoms with Crippen LogP contribution in [0.15, 0.2) is 30.6 Å². The fourth-order valence-corrected chi connectivity index (χ4v) is 3.26. The zero-order chi connectivity index (χ0) is 18.2. The van der Waals surface area contributed by atoms with E-state index >= 15 is 0 Å². The Hall–Kier alpha value is -3.20. The molecule has 0 radical (unpaired) electrons. The van der Waals surface area contributed by atoms with Gasteiger partial charge in [0.1, 0.15) is 5.52 Å². The maximum atomic E-state index is 5.91. The molecular weight excluding hydrogens is 346 g/mol. The zero-order valence-corrected chi connectivity index (χ0v) is 14.8. The molecule has 0 amide bonds. The highest BCUT2D eigenvalue weighted by Gasteiger charge is 2.19. The van der Waals surface area contributed by atoms with E-state index in [0.29, 0.717) is 24.2 Å². The normalized spacial score (nSPS) is 17.0. The molecule has 0 aromatic carbocycles. The molecule has 1 aliphatic rings. The molecule has 9 heteroatoms. The zero-order valence-electron chi connectivity index (χ0n) is 14.8. The summed E-state index contributed by atoms with van der Waals surface area (Å²) in [6.07, 6.45) is 4.52. The first-order chi connectivity index (χ1) is 13.3. The first-order valence-corrected chi connectivity index (χ1v) is 8.87. The predicted octanol–water partition coefficient (Wildman–Crippen LogP) is 2.40. The lowest BCUT2D eigenvalue weighted by Gasteiger charge is -2.07. The van der Waals surface area contributed by atoms with Gasteiger partial charge in [0.15, 0.2) is 11.3 Å². The number of aromatic nitrogens is 6. The average molecular weight is 365 g/mol. The molecule has 9 nitrogen and oxygen atoms in total. The summed E-state index contributed by atoms with van der Waals surface area (Å²) in [4.78, 5) is 8.91. The highest BCUT2D eigenvalue weighted by molar-refractivity contribution is 5.89. The number of fused-ring (bicyclic) bond motifs is 2. The van der Waals surface area contributed by atoms with Gasteiger partial charge in [0.2, 0.25) is 0 Å². The second kappa shape index (κ2) is 6.51. The van der Waals surface area contributed by atoms with Gasteiger partial charge in [-0.3, -0.25) is 14.8 Å². The molecule has 1 atom stereocenters. The van der Waals surface area contributed by atoms with Gasteiger partial charge < -0.3 is 14.8 Å². The summed E-state index contributed by atoms with van der Waals surface area (Å²) in [5.74, 6) is 1.63. The predicted molar refractivity (Wildman–Crippen MR) is 100 cm³/mol. The van der Waals surface area contributed by atoms with Crippen LogP contribution in [0.2, 0.25) is 0 Å². The topological polar surface area (TPSA) is 103 Å². The fourth-order valence-electron chi connectivity index (χ4n) is 3.26. The van der Waals surface area contributed by atoms with E-state index in [1.54, 1.807) is 17.1 Å². The van der Waals surface area contributed by atoms with Crippen LogP contribution in [-0.4, -0.2) is 49.8 Å². The Morgan fingerprint density at radius 1 is 1.37 bits per heavy atom. The van der Waals surface area contributed by atoms with Gasteiger partial charge in [0, 0.05) is 25.8 Å². The Morgan fingerprint density at radius 3 is 3.22 bits per heavy atom. The molecule has 5 rings (SSSR count). The summed E-state index contributed by atoms with van der Waals surface area (Å²) in [6.45, 7) is 2.15. The first-order valence-electron chi connectivity index (χ1n) is 8.87. The molecule has 1 fully saturated rings. The number of hydrogen-bond donors (Lipinski definition) is 2. The van der Waals surface area contributed by atoms with Crippen molar-refractivity contribution < 1.29 is 9.47 Å². The number of ether oxygens (including phenoxy) is 2. The Labute approximate surface area is 154 Å². The number of aromatic amines is 1. The van der Waals surface area contributed by atoms with Crippen LogP contribution < -0.4 is 10.1 Å². The second-order valence-corrected chi connectivity index (χ2v) is 6.66. The summed E-state index contributed by atoms with van der Waals surface area (Å²) in [5, 5.41) is 15.0. The van der Waals surface area contributed by atoms with E-state index in [9.17, 15) is 0 Å². The number of hydrogen-bond acceptors (Lipinski definition) is 7. The molecule has 0 saturated carbocycles. The van der Waals surface area contributed by atoms with Crippen molar-refractivity contribution in [3.63, 3.8) is 0 Å². The Bertz CT molecular complexity index is 1100. The monoisotopic (exact) mass is 365 g/mol. The van der Waals surface area contributed by atoms with Crippen molar-refractivity contribution in [3.8, 4) is 5.88 Å². The van der Waals surface area contributed by atoms with Gasteiger partial charge in [-0.2, -0.15) is 5.10 Å². The molecule has 0 spiro atoms. The summed E-state index contributed by atoms with van der Waals surface area (Å²) in [7, 11) is 1.88. The van der Waals surface area contributed by atoms with Gasteiger partial charge in [0.25, 0.3) is 5.88 Å². The van der Waals surface area contributed by atoms with Gasteiger partial charge >= 0.3 is 0 Å². The van der Waals surface area contributed by atoms with Crippen LogP contribution >= 0.6 is 0 Å². The third kappa shape index (κ3) is 2.95. The minimum absolute atomic E-state index is 0.420. The largest absolute Gasteiger partial charge is 0.475 e. The van der Waals surface area contributed by atoms with Crippen LogP contribution in [0.25, 0.3) is 22.1 Å². The molecule has 0 aliphatic carbocycles. The quantitative estimate of drug-likeness (QED) is 0.560. The van der Waals surface area contributed by atoms with Crippen LogP contribution in [0.3, 0.4) is 0 Å². The van der Waals surface area contributed by atoms with E-state index in [-0.39, 0.29) is 0 Å². The van der Waals surface area contributed by atoms with Crippen molar-refractivity contribution in [2.75, 3.05) is 25.1 Å². The van der Waals surface area contributed by atoms with Crippen LogP contribution in [0.4, 0.5) is 11.5 Å². The third-order valence-corrected chi connectivity index (χ3v) is 4.72. The smallest absolute Gasteiger partial charge is 0.259 e. The number of nitrogens with zero attached hydrogens (tertiary/aromatic N) is 5. The van der Waals surface area contributed by atoms with E-state index < -0.39 is 0 Å². The molecule has 0 bridgehead atoms. The van der Waals surface area contributed by atoms with E-state index in [2.05, 4.69) is 30.6 Å². The van der Waals surface area contributed by atoms with Gasteiger partial charge in [-0.25, -0.2) is 4.98 Å². The van der Waals surface area contributed by atoms with Crippen molar-refractivity contribution in [2.45, 2.75) is 6.42 Å². The lowest BCUT2D eigenvalue weighted by Crippen LogP contribution is -2.12. The first kappa shape index (κ1) is 16.0. The van der Waals surface area contributed by atoms with Crippen LogP contribution in [-0.2, 0) is 11.8 Å². The van der Waals surface area contributed by atoms with Crippen molar-refractivity contribution in [1.82, 2.24) is 29.9 Å². The van der Waals surface area contributed by atoms with Crippen LogP contribution in [0.1, 0.15) is 6.42 Å². The maximum absolute atomic E-state index is 5.91. The maximum Gasteiger partial charge on any atom is 0.259 e. The molecule has 1 saturated heterocycles. The van der Waals surface area contributed by atoms with Crippen molar-refractivity contribution in [3.05, 3.63) is 30.6 Å². The molecule has 5 heterocycles. The lowest BCUT2D eigenvalue weighted by atomic mass is 10.1. The number of anilines is 2. The van der Waals surface area contributed by atoms with E-state index in [1.807, 2.05) is 25.2 Å². The summed E-state index contributed by atoms with van der Waals surface area (Å²) in [5.41, 5.74) is 4.09. The molecule has 2 N–H and O–H groups in total. The summed E-state index contributed by atoms with van der Waals surface area (Å²) >= 11 is 0. The molecular formula is C18H19N7O2. The van der Waals surface area contributed by atoms with Crippen molar-refractivity contribution >= 4 is 33.6 Å². The van der Waals surface area contributed by atoms with E-state index in [4.69, 9.17) is 9.47 Å². The minimum atomic E-state index is 0.420. The lowest BCUT2D eigenvalue weighted by molar-refractivity contribution is 0.165. The van der Waals surface area contributed by atoms with Crippen molar-refractivity contribution in [2.24, 2.45) is 13.0 Å². The highest BCUT2D eigenvalue weighted by atomic mass is 16.5. The summed E-state index contributed by atoms with van der Waals surface area (Å²) < 4.78 is 13.1. The van der Waals surface area contributed by atoms with Gasteiger partial charge in [0.05, 0.1) is 36.1 Å². The number of nitrogens with one attached hydrogen (secondary N) is 2. The van der Waals surface area contributed by atoms with Gasteiger partial charge in [-0.05, 0) is 24.6 Å². The van der Waals surface area contributed by atoms with Gasteiger partial charge in [-0.15, -0.1) is 5.10 Å². The number of aryl methyl sites for hydroxylation is 1. The average Bonchev–Trinajstić information content (AvgIpc) is 3.41. The van der Waals surface area contributed by atoms with Crippen LogP contribution in [0.5, 0.6) is 5.88 Å². The molecule has 138 valence electrons. The Kier molecular flexibility index (Phi) is 3.86.